The number of likely N-dealkylation sites (N-methyl/N-ethyl adjacent to an activating group) is 1. The van der Waals surface area contributed by atoms with Crippen LogP contribution in [-0.2, 0) is 0 Å². The van der Waals surface area contributed by atoms with Crippen LogP contribution in [0.3, 0.4) is 0 Å². The molecule has 4 rings (SSSR count). The molecule has 3 N–H and O–H groups in total. The number of hydrogen-bond donors (Lipinski definition) is 3. The summed E-state index contributed by atoms with van der Waals surface area (Å²) in [5.41, 5.74) is -0.981. The summed E-state index contributed by atoms with van der Waals surface area (Å²) in [5.74, 6) is -0.316. The zero-order valence-corrected chi connectivity index (χ0v) is 13.1. The molecule has 0 aromatic carbocycles. The fourth-order valence-electron chi connectivity index (χ4n) is 3.98. The zero-order valence-electron chi connectivity index (χ0n) is 11.6. The van der Waals surface area contributed by atoms with Crippen molar-refractivity contribution in [2.75, 3.05) is 6.54 Å². The van der Waals surface area contributed by atoms with E-state index in [0.29, 0.717) is 17.3 Å². The molecule has 3 heterocycles. The molecule has 1 aromatic rings. The summed E-state index contributed by atoms with van der Waals surface area (Å²) in [6.45, 7) is 2.17. The number of carbonyl (C=O) groups is 2. The molecular formula is C13H14Cl2N4O3. The highest BCUT2D eigenvalue weighted by molar-refractivity contribution is 6.42. The molecule has 1 saturated carbocycles. The van der Waals surface area contributed by atoms with Crippen molar-refractivity contribution in [3.05, 3.63) is 21.9 Å². The van der Waals surface area contributed by atoms with Gasteiger partial charge in [-0.15, -0.1) is 0 Å². The van der Waals surface area contributed by atoms with Gasteiger partial charge in [-0.3, -0.25) is 9.69 Å². The number of rotatable bonds is 1. The first kappa shape index (κ1) is 14.2. The molecule has 1 aliphatic carbocycles. The molecule has 0 radical (unpaired) electrons. The Morgan fingerprint density at radius 3 is 2.82 bits per heavy atom. The summed E-state index contributed by atoms with van der Waals surface area (Å²) < 4.78 is 1.66. The molecule has 9 heteroatoms. The molecule has 0 bridgehead atoms. The van der Waals surface area contributed by atoms with Crippen LogP contribution in [0, 0.1) is 0 Å². The van der Waals surface area contributed by atoms with Gasteiger partial charge < -0.3 is 20.3 Å². The van der Waals surface area contributed by atoms with Crippen LogP contribution >= 0.6 is 23.2 Å². The highest BCUT2D eigenvalue weighted by atomic mass is 35.5. The Morgan fingerprint density at radius 1 is 1.41 bits per heavy atom. The summed E-state index contributed by atoms with van der Waals surface area (Å²) in [6.07, 6.45) is 0.271. The highest BCUT2D eigenvalue weighted by Gasteiger charge is 2.64. The van der Waals surface area contributed by atoms with Gasteiger partial charge in [0.25, 0.3) is 5.91 Å². The van der Waals surface area contributed by atoms with E-state index in [-0.39, 0.29) is 29.6 Å². The summed E-state index contributed by atoms with van der Waals surface area (Å²) in [4.78, 5) is 25.6. The second-order valence-electron chi connectivity index (χ2n) is 5.86. The Labute approximate surface area is 136 Å². The summed E-state index contributed by atoms with van der Waals surface area (Å²) >= 11 is 12.3. The van der Waals surface area contributed by atoms with Crippen LogP contribution in [0.25, 0.3) is 0 Å². The van der Waals surface area contributed by atoms with Crippen LogP contribution in [0.2, 0.25) is 10.2 Å². The van der Waals surface area contributed by atoms with Crippen molar-refractivity contribution >= 4 is 35.1 Å². The van der Waals surface area contributed by atoms with Crippen molar-refractivity contribution in [1.29, 1.82) is 0 Å². The van der Waals surface area contributed by atoms with Crippen LogP contribution < -0.4 is 10.6 Å². The first-order valence-electron chi connectivity index (χ1n) is 7.06. The highest BCUT2D eigenvalue weighted by Crippen LogP contribution is 2.47. The molecule has 22 heavy (non-hydrogen) atoms. The molecule has 1 saturated heterocycles. The van der Waals surface area contributed by atoms with Crippen molar-refractivity contribution in [2.24, 2.45) is 0 Å². The third-order valence-electron chi connectivity index (χ3n) is 4.88. The van der Waals surface area contributed by atoms with Crippen LogP contribution in [0.4, 0.5) is 4.79 Å². The van der Waals surface area contributed by atoms with Gasteiger partial charge in [0, 0.05) is 13.0 Å². The maximum Gasteiger partial charge on any atom is 0.320 e. The molecule has 0 spiro atoms. The predicted octanol–water partition coefficient (Wildman–Crippen LogP) is 0.954. The van der Waals surface area contributed by atoms with Crippen molar-refractivity contribution in [1.82, 2.24) is 20.1 Å². The second kappa shape index (κ2) is 4.31. The summed E-state index contributed by atoms with van der Waals surface area (Å²) in [6, 6.07) is -0.0998. The lowest BCUT2D eigenvalue weighted by Gasteiger charge is -2.31. The number of hydrogen-bond acceptors (Lipinski definition) is 3. The number of halogens is 2. The third kappa shape index (κ3) is 1.51. The van der Waals surface area contributed by atoms with Gasteiger partial charge in [-0.1, -0.05) is 23.2 Å². The van der Waals surface area contributed by atoms with Gasteiger partial charge in [0.1, 0.15) is 16.9 Å². The summed E-state index contributed by atoms with van der Waals surface area (Å²) in [5, 5.41) is 17.2. The average molecular weight is 345 g/mol. The Morgan fingerprint density at radius 2 is 2.14 bits per heavy atom. The van der Waals surface area contributed by atoms with Crippen LogP contribution in [-0.4, -0.2) is 50.9 Å². The SMILES string of the molecule is CCN1C(=O)N[C@H]2[C@@H]3NC(=O)c4cc(Cl)c(Cl)n4[C@@H]3C[C@]21O. The van der Waals surface area contributed by atoms with Crippen molar-refractivity contribution in [3.63, 3.8) is 0 Å². The third-order valence-corrected chi connectivity index (χ3v) is 5.65. The fraction of sp³-hybridized carbons (Fsp3) is 0.538. The molecule has 1 aromatic heterocycles. The van der Waals surface area contributed by atoms with Gasteiger partial charge in [-0.25, -0.2) is 4.79 Å². The van der Waals surface area contributed by atoms with Gasteiger partial charge in [0.05, 0.1) is 17.1 Å². The average Bonchev–Trinajstić information content (AvgIpc) is 2.99. The van der Waals surface area contributed by atoms with Crippen LogP contribution in [0.1, 0.15) is 29.9 Å². The van der Waals surface area contributed by atoms with Gasteiger partial charge in [-0.2, -0.15) is 0 Å². The lowest BCUT2D eigenvalue weighted by Crippen LogP contribution is -2.56. The number of urea groups is 1. The number of aromatic nitrogens is 1. The molecule has 7 nitrogen and oxygen atoms in total. The molecule has 2 aliphatic heterocycles. The minimum Gasteiger partial charge on any atom is -0.368 e. The number of nitrogens with one attached hydrogen (secondary N) is 2. The monoisotopic (exact) mass is 344 g/mol. The topological polar surface area (TPSA) is 86.6 Å². The predicted molar refractivity (Wildman–Crippen MR) is 79.0 cm³/mol. The molecule has 3 aliphatic rings. The standard InChI is InChI=1S/C13H14Cl2N4O3/c1-2-18-12(21)17-9-8-7(4-13(9,18)22)19-6(11(20)16-8)3-5(14)10(19)15/h3,7-9,22H,2,4H2,1H3,(H,16,20)(H,17,21)/t7-,8-,9+,13+/m1/s1. The number of fused-ring (bicyclic) bond motifs is 5. The maximum absolute atomic E-state index is 12.3. The quantitative estimate of drug-likeness (QED) is 0.708. The number of nitrogens with zero attached hydrogens (tertiary/aromatic N) is 2. The fourth-order valence-corrected chi connectivity index (χ4v) is 4.45. The number of amides is 3. The van der Waals surface area contributed by atoms with E-state index in [2.05, 4.69) is 10.6 Å². The van der Waals surface area contributed by atoms with Gasteiger partial charge >= 0.3 is 6.03 Å². The molecule has 4 atom stereocenters. The largest absolute Gasteiger partial charge is 0.368 e. The first-order valence-corrected chi connectivity index (χ1v) is 7.81. The minimum absolute atomic E-state index is 0.266. The zero-order chi connectivity index (χ0) is 15.8. The van der Waals surface area contributed by atoms with Crippen LogP contribution in [0.5, 0.6) is 0 Å². The number of aliphatic hydroxyl groups is 1. The van der Waals surface area contributed by atoms with E-state index in [1.807, 2.05) is 0 Å². The van der Waals surface area contributed by atoms with Gasteiger partial charge in [0.2, 0.25) is 0 Å². The molecule has 3 amide bonds. The second-order valence-corrected chi connectivity index (χ2v) is 6.62. The Balaban J connectivity index is 1.83. The van der Waals surface area contributed by atoms with E-state index in [1.54, 1.807) is 11.5 Å². The van der Waals surface area contributed by atoms with E-state index >= 15 is 0 Å². The molecule has 0 unspecified atom stereocenters. The van der Waals surface area contributed by atoms with E-state index < -0.39 is 17.8 Å². The van der Waals surface area contributed by atoms with Gasteiger partial charge in [0.15, 0.2) is 5.72 Å². The Bertz CT molecular complexity index is 706. The lowest BCUT2D eigenvalue weighted by atomic mass is 10.1. The van der Waals surface area contributed by atoms with E-state index in [1.165, 1.54) is 11.0 Å². The maximum atomic E-state index is 12.3. The van der Waals surface area contributed by atoms with Crippen molar-refractivity contribution < 1.29 is 14.7 Å². The first-order chi connectivity index (χ1) is 10.4. The van der Waals surface area contributed by atoms with E-state index in [9.17, 15) is 14.7 Å². The Hall–Kier alpha value is -1.44. The van der Waals surface area contributed by atoms with Crippen molar-refractivity contribution in [3.8, 4) is 0 Å². The van der Waals surface area contributed by atoms with E-state index in [0.717, 1.165) is 0 Å². The van der Waals surface area contributed by atoms with E-state index in [4.69, 9.17) is 23.2 Å². The normalized spacial score (nSPS) is 35.8. The lowest BCUT2D eigenvalue weighted by molar-refractivity contribution is -0.0655. The minimum atomic E-state index is -1.35. The number of carbonyl (C=O) groups excluding carboxylic acids is 2. The summed E-state index contributed by atoms with van der Waals surface area (Å²) in [7, 11) is 0. The van der Waals surface area contributed by atoms with Crippen molar-refractivity contribution in [2.45, 2.75) is 37.2 Å². The van der Waals surface area contributed by atoms with Gasteiger partial charge in [-0.05, 0) is 13.0 Å². The Kier molecular flexibility index (Phi) is 2.77. The molecule has 2 fully saturated rings. The molecular weight excluding hydrogens is 331 g/mol. The molecule has 118 valence electrons. The smallest absolute Gasteiger partial charge is 0.320 e. The van der Waals surface area contributed by atoms with Crippen LogP contribution in [0.15, 0.2) is 6.07 Å².